The van der Waals surface area contributed by atoms with E-state index in [4.69, 9.17) is 0 Å². The third-order valence-electron chi connectivity index (χ3n) is 10.2. The molecular weight excluding hydrogens is 518 g/mol. The molecule has 0 spiro atoms. The molecule has 44 heavy (non-hydrogen) atoms. The molecule has 6 aromatic rings. The van der Waals surface area contributed by atoms with Crippen LogP contribution in [-0.4, -0.2) is 35.4 Å². The fraction of sp³-hybridized carbons (Fsp3) is 0.143. The van der Waals surface area contributed by atoms with Crippen molar-refractivity contribution < 1.29 is 0 Å². The molecule has 2 unspecified atom stereocenters. The molecule has 0 aromatic heterocycles. The molecule has 0 saturated carbocycles. The predicted octanol–water partition coefficient (Wildman–Crippen LogP) is 10.4. The fourth-order valence-corrected chi connectivity index (χ4v) is 8.37. The van der Waals surface area contributed by atoms with Crippen LogP contribution < -0.4 is 0 Å². The van der Waals surface area contributed by atoms with Gasteiger partial charge < -0.3 is 0 Å². The van der Waals surface area contributed by atoms with Gasteiger partial charge >= 0.3 is 281 Å². The molecule has 0 radical (unpaired) electrons. The topological polar surface area (TPSA) is 0 Å². The summed E-state index contributed by atoms with van der Waals surface area (Å²) in [6, 6.07) is 45.6. The van der Waals surface area contributed by atoms with Gasteiger partial charge in [-0.15, -0.1) is 0 Å². The van der Waals surface area contributed by atoms with E-state index in [9.17, 15) is 0 Å². The Morgan fingerprint density at radius 3 is 1.30 bits per heavy atom. The number of rotatable bonds is 5. The van der Waals surface area contributed by atoms with Crippen LogP contribution in [0.2, 0.25) is 0 Å². The average molecular weight is 551 g/mol. The fourth-order valence-electron chi connectivity index (χ4n) is 8.37. The molecule has 2 aliphatic rings. The van der Waals surface area contributed by atoms with Crippen molar-refractivity contribution in [1.82, 2.24) is 0 Å². The van der Waals surface area contributed by atoms with Gasteiger partial charge in [0.05, 0.1) is 0 Å². The second kappa shape index (κ2) is 11.1. The second-order valence-electron chi connectivity index (χ2n) is 13.0. The van der Waals surface area contributed by atoms with E-state index in [0.29, 0.717) is 9.18 Å². The minimum absolute atomic E-state index is 0.357. The Hall–Kier alpha value is -3.49. The summed E-state index contributed by atoms with van der Waals surface area (Å²) in [5, 5.41) is 5.37. The quantitative estimate of drug-likeness (QED) is 0.187. The van der Waals surface area contributed by atoms with Gasteiger partial charge in [0.25, 0.3) is 0 Å². The molecule has 0 fully saturated rings. The first kappa shape index (κ1) is 28.0. The van der Waals surface area contributed by atoms with E-state index >= 15 is 0 Å². The van der Waals surface area contributed by atoms with Crippen LogP contribution in [0.4, 0.5) is 0 Å². The molecule has 0 nitrogen and oxygen atoms in total. The van der Waals surface area contributed by atoms with E-state index in [1.165, 1.54) is 88.3 Å². The normalized spacial score (nSPS) is 17.6. The molecular formula is C42H32Li2. The third-order valence-corrected chi connectivity index (χ3v) is 10.2. The Labute approximate surface area is 279 Å². The van der Waals surface area contributed by atoms with Crippen molar-refractivity contribution in [2.24, 2.45) is 0 Å². The summed E-state index contributed by atoms with van der Waals surface area (Å²) in [5.41, 5.74) is 17.3. The zero-order valence-corrected chi connectivity index (χ0v) is 26.1. The monoisotopic (exact) mass is 550 g/mol. The molecule has 6 aromatic carbocycles. The van der Waals surface area contributed by atoms with Crippen molar-refractivity contribution in [2.45, 2.75) is 35.9 Å². The van der Waals surface area contributed by atoms with Crippen molar-refractivity contribution >= 4 is 79.3 Å². The van der Waals surface area contributed by atoms with Crippen LogP contribution in [0.15, 0.2) is 121 Å². The first-order valence-corrected chi connectivity index (χ1v) is 16.1. The van der Waals surface area contributed by atoms with Gasteiger partial charge in [0.1, 0.15) is 0 Å². The summed E-state index contributed by atoms with van der Waals surface area (Å²) in [6.07, 6.45) is 2.03. The van der Waals surface area contributed by atoms with Gasteiger partial charge in [0.15, 0.2) is 0 Å². The van der Waals surface area contributed by atoms with E-state index < -0.39 is 0 Å². The van der Waals surface area contributed by atoms with Crippen LogP contribution >= 0.6 is 0 Å². The summed E-state index contributed by atoms with van der Waals surface area (Å²) >= 11 is 4.82. The van der Waals surface area contributed by atoms with Crippen LogP contribution in [0.1, 0.15) is 66.5 Å². The molecule has 8 rings (SSSR count). The van der Waals surface area contributed by atoms with E-state index in [2.05, 4.69) is 171 Å². The SMILES string of the molecule is [Li][CH]1C(c2cc(C)cc3ccccc23)=C(CCC2=C(c3cc(C)cc4ccccc34)[CH]([Li])c3ccccc32)c2ccccc21. The zero-order chi connectivity index (χ0) is 29.9. The van der Waals surface area contributed by atoms with Crippen LogP contribution in [-0.2, 0) is 0 Å². The van der Waals surface area contributed by atoms with Gasteiger partial charge in [-0.2, -0.15) is 0 Å². The Kier molecular flexibility index (Phi) is 7.10. The number of hydrogen-bond donors (Lipinski definition) is 0. The second-order valence-corrected chi connectivity index (χ2v) is 13.0. The first-order valence-electron chi connectivity index (χ1n) is 16.1. The van der Waals surface area contributed by atoms with E-state index in [1.54, 1.807) is 0 Å². The summed E-state index contributed by atoms with van der Waals surface area (Å²) in [4.78, 5) is 0. The molecule has 0 saturated heterocycles. The van der Waals surface area contributed by atoms with Crippen LogP contribution in [0.25, 0.3) is 43.8 Å². The standard InChI is InChI=1S/C42H32.2Li/c1-27-21-29-11-3-9-17-35(29)39(23-27)41-25-31-13-5-7-15-33(31)37(41)19-20-38-34-16-8-6-14-32(34)26-42(38)40-24-28(2)22-30-12-4-10-18-36(30)40;;/h3-18,21-26H,19-20H2,1-2H3;;. The average Bonchev–Trinajstić information content (AvgIpc) is 3.49. The van der Waals surface area contributed by atoms with Gasteiger partial charge in [0.2, 0.25) is 0 Å². The number of hydrogen-bond acceptors (Lipinski definition) is 0. The summed E-state index contributed by atoms with van der Waals surface area (Å²) in [5.74, 6) is 0. The van der Waals surface area contributed by atoms with Gasteiger partial charge in [-0.1, -0.05) is 0 Å². The van der Waals surface area contributed by atoms with E-state index in [0.717, 1.165) is 12.8 Å². The van der Waals surface area contributed by atoms with Gasteiger partial charge in [-0.25, -0.2) is 0 Å². The van der Waals surface area contributed by atoms with E-state index in [1.807, 2.05) is 0 Å². The van der Waals surface area contributed by atoms with Crippen molar-refractivity contribution in [3.8, 4) is 0 Å². The predicted molar refractivity (Wildman–Crippen MR) is 190 cm³/mol. The van der Waals surface area contributed by atoms with Crippen LogP contribution in [0, 0.1) is 13.8 Å². The molecule has 2 heteroatoms. The van der Waals surface area contributed by atoms with Crippen molar-refractivity contribution in [2.75, 3.05) is 0 Å². The maximum absolute atomic E-state index is 2.43. The maximum atomic E-state index is 2.43. The van der Waals surface area contributed by atoms with Gasteiger partial charge in [-0.3, -0.25) is 0 Å². The molecule has 0 amide bonds. The molecule has 0 aliphatic heterocycles. The number of allylic oxidation sites excluding steroid dienone is 4. The minimum atomic E-state index is 0.357. The molecule has 2 atom stereocenters. The Morgan fingerprint density at radius 1 is 0.455 bits per heavy atom. The Bertz CT molecular complexity index is 2020. The summed E-state index contributed by atoms with van der Waals surface area (Å²) in [7, 11) is 0. The summed E-state index contributed by atoms with van der Waals surface area (Å²) in [6.45, 7) is 4.48. The van der Waals surface area contributed by atoms with E-state index in [-0.39, 0.29) is 0 Å². The van der Waals surface area contributed by atoms with Crippen LogP contribution in [0.3, 0.4) is 0 Å². The number of fused-ring (bicyclic) bond motifs is 4. The molecule has 2 aliphatic carbocycles. The number of benzene rings is 6. The van der Waals surface area contributed by atoms with Crippen molar-refractivity contribution in [3.05, 3.63) is 166 Å². The molecule has 202 valence electrons. The van der Waals surface area contributed by atoms with Gasteiger partial charge in [-0.05, 0) is 0 Å². The third kappa shape index (κ3) is 4.52. The molecule has 0 N–H and O–H groups in total. The number of aryl methyl sites for hydroxylation is 2. The van der Waals surface area contributed by atoms with Crippen molar-refractivity contribution in [3.63, 3.8) is 0 Å². The summed E-state index contributed by atoms with van der Waals surface area (Å²) < 4.78 is 0.714. The zero-order valence-electron chi connectivity index (χ0n) is 26.1. The molecule has 0 heterocycles. The Balaban J connectivity index is 1.33. The van der Waals surface area contributed by atoms with Crippen molar-refractivity contribution in [1.29, 1.82) is 0 Å². The van der Waals surface area contributed by atoms with Crippen LogP contribution in [0.5, 0.6) is 0 Å². The molecule has 0 bridgehead atoms. The first-order chi connectivity index (χ1) is 21.5. The Morgan fingerprint density at radius 2 is 0.841 bits per heavy atom. The van der Waals surface area contributed by atoms with Gasteiger partial charge in [0, 0.05) is 0 Å².